The van der Waals surface area contributed by atoms with Crippen LogP contribution in [0.4, 0.5) is 0 Å². The zero-order chi connectivity index (χ0) is 18.3. The number of hydrogen-bond acceptors (Lipinski definition) is 6. The van der Waals surface area contributed by atoms with E-state index >= 15 is 0 Å². The van der Waals surface area contributed by atoms with Crippen LogP contribution in [0.3, 0.4) is 0 Å². The van der Waals surface area contributed by atoms with Gasteiger partial charge in [0, 0.05) is 12.1 Å². The van der Waals surface area contributed by atoms with E-state index in [4.69, 9.17) is 14.6 Å². The van der Waals surface area contributed by atoms with Crippen LogP contribution in [-0.2, 0) is 21.4 Å². The number of nitrogens with two attached hydrogens (primary N) is 1. The number of amides is 1. The predicted octanol–water partition coefficient (Wildman–Crippen LogP) is 1.84. The van der Waals surface area contributed by atoms with Crippen LogP contribution in [0.1, 0.15) is 16.5 Å². The number of carbonyl (C=O) groups excluding carboxylic acids is 1. The van der Waals surface area contributed by atoms with Crippen LogP contribution in [0.5, 0.6) is 11.5 Å². The first-order valence-corrected chi connectivity index (χ1v) is 10.4. The largest absolute Gasteiger partial charge is 0.454 e. The zero-order valence-electron chi connectivity index (χ0n) is 13.6. The lowest BCUT2D eigenvalue weighted by molar-refractivity contribution is -0.128. The lowest BCUT2D eigenvalue weighted by Gasteiger charge is -2.25. The second-order valence-electron chi connectivity index (χ2n) is 5.95. The number of carbonyl (C=O) groups is 1. The molecule has 0 aliphatic carbocycles. The number of hydrogen-bond donors (Lipinski definition) is 1. The Morgan fingerprint density at radius 3 is 2.65 bits per heavy atom. The maximum atomic E-state index is 12.4. The van der Waals surface area contributed by atoms with E-state index in [0.717, 1.165) is 11.1 Å². The van der Waals surface area contributed by atoms with Crippen molar-refractivity contribution in [2.45, 2.75) is 16.8 Å². The standard InChI is InChI=1S/C17H16N2O5S2/c18-26(21,22)12-6-4-11(5-7-12)8-19-15(20)9-25-17(19)13-2-1-3-14-16(13)24-10-23-14/h1-7,17H,8-10H2,(H2,18,21,22). The molecule has 7 nitrogen and oxygen atoms in total. The minimum atomic E-state index is -3.73. The summed E-state index contributed by atoms with van der Waals surface area (Å²) in [4.78, 5) is 14.2. The molecule has 1 amide bonds. The number of fused-ring (bicyclic) bond motifs is 1. The second kappa shape index (κ2) is 6.49. The Balaban J connectivity index is 1.61. The van der Waals surface area contributed by atoms with Crippen LogP contribution in [0.25, 0.3) is 0 Å². The van der Waals surface area contributed by atoms with Gasteiger partial charge < -0.3 is 14.4 Å². The molecule has 0 spiro atoms. The normalized spacial score (nSPS) is 19.2. The summed E-state index contributed by atoms with van der Waals surface area (Å²) in [5.41, 5.74) is 1.72. The van der Waals surface area contributed by atoms with Crippen molar-refractivity contribution in [1.29, 1.82) is 0 Å². The molecule has 26 heavy (non-hydrogen) atoms. The van der Waals surface area contributed by atoms with Gasteiger partial charge in [-0.1, -0.05) is 24.3 Å². The molecule has 9 heteroatoms. The Morgan fingerprint density at radius 2 is 1.92 bits per heavy atom. The summed E-state index contributed by atoms with van der Waals surface area (Å²) in [7, 11) is -3.73. The van der Waals surface area contributed by atoms with E-state index in [-0.39, 0.29) is 23.0 Å². The lowest BCUT2D eigenvalue weighted by Crippen LogP contribution is -2.27. The smallest absolute Gasteiger partial charge is 0.238 e. The second-order valence-corrected chi connectivity index (χ2v) is 8.58. The van der Waals surface area contributed by atoms with Crippen LogP contribution in [0.15, 0.2) is 47.4 Å². The summed E-state index contributed by atoms with van der Waals surface area (Å²) in [6.07, 6.45) is 0. The summed E-state index contributed by atoms with van der Waals surface area (Å²) in [5, 5.41) is 4.94. The molecule has 2 aromatic rings. The van der Waals surface area contributed by atoms with E-state index in [1.165, 1.54) is 23.9 Å². The molecule has 2 heterocycles. The maximum Gasteiger partial charge on any atom is 0.238 e. The first-order valence-electron chi connectivity index (χ1n) is 7.85. The fourth-order valence-corrected chi connectivity index (χ4v) is 4.73. The SMILES string of the molecule is NS(=O)(=O)c1ccc(CN2C(=O)CSC2c2cccc3c2OCO3)cc1. The van der Waals surface area contributed by atoms with Crippen LogP contribution < -0.4 is 14.6 Å². The molecule has 1 saturated heterocycles. The first kappa shape index (κ1) is 17.2. The predicted molar refractivity (Wildman–Crippen MR) is 96.1 cm³/mol. The van der Waals surface area contributed by atoms with Crippen molar-refractivity contribution >= 4 is 27.7 Å². The zero-order valence-corrected chi connectivity index (χ0v) is 15.3. The van der Waals surface area contributed by atoms with Gasteiger partial charge in [-0.3, -0.25) is 4.79 Å². The fourth-order valence-electron chi connectivity index (χ4n) is 3.01. The van der Waals surface area contributed by atoms with Crippen molar-refractivity contribution in [2.75, 3.05) is 12.5 Å². The van der Waals surface area contributed by atoms with Crippen LogP contribution >= 0.6 is 11.8 Å². The first-order chi connectivity index (χ1) is 12.4. The van der Waals surface area contributed by atoms with Gasteiger partial charge in [0.25, 0.3) is 0 Å². The molecular weight excluding hydrogens is 376 g/mol. The third-order valence-electron chi connectivity index (χ3n) is 4.27. The molecule has 1 unspecified atom stereocenters. The van der Waals surface area contributed by atoms with Gasteiger partial charge in [0.15, 0.2) is 11.5 Å². The molecule has 2 N–H and O–H groups in total. The van der Waals surface area contributed by atoms with Crippen molar-refractivity contribution in [3.8, 4) is 11.5 Å². The molecule has 0 aromatic heterocycles. The fraction of sp³-hybridized carbons (Fsp3) is 0.235. The molecule has 2 aliphatic heterocycles. The highest BCUT2D eigenvalue weighted by atomic mass is 32.2. The quantitative estimate of drug-likeness (QED) is 0.852. The molecule has 136 valence electrons. The van der Waals surface area contributed by atoms with Crippen molar-refractivity contribution in [2.24, 2.45) is 5.14 Å². The molecular formula is C17H16N2O5S2. The monoisotopic (exact) mass is 392 g/mol. The summed E-state index contributed by atoms with van der Waals surface area (Å²) in [6.45, 7) is 0.540. The van der Waals surface area contributed by atoms with Gasteiger partial charge in [-0.25, -0.2) is 13.6 Å². The molecule has 0 radical (unpaired) electrons. The van der Waals surface area contributed by atoms with E-state index < -0.39 is 10.0 Å². The summed E-state index contributed by atoms with van der Waals surface area (Å²) in [5.74, 6) is 1.76. The summed E-state index contributed by atoms with van der Waals surface area (Å²) >= 11 is 1.53. The van der Waals surface area contributed by atoms with Crippen LogP contribution in [0.2, 0.25) is 0 Å². The number of ether oxygens (including phenoxy) is 2. The van der Waals surface area contributed by atoms with Gasteiger partial charge in [-0.05, 0) is 23.8 Å². The molecule has 1 fully saturated rings. The molecule has 2 aromatic carbocycles. The Kier molecular flexibility index (Phi) is 4.29. The van der Waals surface area contributed by atoms with Crippen LogP contribution in [-0.4, -0.2) is 31.8 Å². The highest BCUT2D eigenvalue weighted by molar-refractivity contribution is 8.00. The average molecular weight is 392 g/mol. The van der Waals surface area contributed by atoms with E-state index in [1.54, 1.807) is 17.0 Å². The number of rotatable bonds is 4. The Bertz CT molecular complexity index is 960. The highest BCUT2D eigenvalue weighted by Crippen LogP contribution is 2.47. The number of benzene rings is 2. The minimum absolute atomic E-state index is 0.0204. The number of sulfonamides is 1. The maximum absolute atomic E-state index is 12.4. The van der Waals surface area contributed by atoms with Gasteiger partial charge in [0.1, 0.15) is 5.37 Å². The minimum Gasteiger partial charge on any atom is -0.454 e. The lowest BCUT2D eigenvalue weighted by atomic mass is 10.1. The van der Waals surface area contributed by atoms with Gasteiger partial charge in [-0.15, -0.1) is 11.8 Å². The van der Waals surface area contributed by atoms with Crippen molar-refractivity contribution < 1.29 is 22.7 Å². The summed E-state index contributed by atoms with van der Waals surface area (Å²) in [6, 6.07) is 11.9. The Morgan fingerprint density at radius 1 is 1.15 bits per heavy atom. The van der Waals surface area contributed by atoms with Gasteiger partial charge in [0.05, 0.1) is 10.6 Å². The topological polar surface area (TPSA) is 98.9 Å². The third kappa shape index (κ3) is 3.13. The molecule has 2 aliphatic rings. The number of para-hydroxylation sites is 1. The van der Waals surface area contributed by atoms with Crippen LogP contribution in [0, 0.1) is 0 Å². The van der Waals surface area contributed by atoms with Gasteiger partial charge >= 0.3 is 0 Å². The van der Waals surface area contributed by atoms with Gasteiger partial charge in [-0.2, -0.15) is 0 Å². The number of thioether (sulfide) groups is 1. The van der Waals surface area contributed by atoms with E-state index in [1.807, 2.05) is 18.2 Å². The average Bonchev–Trinajstić information content (AvgIpc) is 3.22. The van der Waals surface area contributed by atoms with Gasteiger partial charge in [0.2, 0.25) is 22.7 Å². The van der Waals surface area contributed by atoms with Crippen molar-refractivity contribution in [3.05, 3.63) is 53.6 Å². The number of primary sulfonamides is 1. The molecule has 0 bridgehead atoms. The molecule has 4 rings (SSSR count). The molecule has 1 atom stereocenters. The van der Waals surface area contributed by atoms with E-state index in [2.05, 4.69) is 0 Å². The van der Waals surface area contributed by atoms with E-state index in [9.17, 15) is 13.2 Å². The third-order valence-corrected chi connectivity index (χ3v) is 6.43. The number of nitrogens with zero attached hydrogens (tertiary/aromatic N) is 1. The Hall–Kier alpha value is -2.23. The molecule has 0 saturated carbocycles. The Labute approximate surface area is 155 Å². The highest BCUT2D eigenvalue weighted by Gasteiger charge is 2.36. The van der Waals surface area contributed by atoms with Crippen molar-refractivity contribution in [3.63, 3.8) is 0 Å². The van der Waals surface area contributed by atoms with E-state index in [0.29, 0.717) is 23.8 Å². The summed E-state index contributed by atoms with van der Waals surface area (Å²) < 4.78 is 33.7. The van der Waals surface area contributed by atoms with Crippen molar-refractivity contribution in [1.82, 2.24) is 4.90 Å².